The average Bonchev–Trinajstić information content (AvgIpc) is 3.54. The van der Waals surface area contributed by atoms with Gasteiger partial charge in [0.1, 0.15) is 11.4 Å². The molecule has 1 aliphatic rings. The molecule has 1 N–H and O–H groups in total. The quantitative estimate of drug-likeness (QED) is 0.506. The maximum Gasteiger partial charge on any atom is 0.270 e. The summed E-state index contributed by atoms with van der Waals surface area (Å²) in [5.41, 5.74) is 3.69. The van der Waals surface area contributed by atoms with E-state index in [1.54, 1.807) is 20.4 Å². The van der Waals surface area contributed by atoms with Crippen molar-refractivity contribution < 1.29 is 14.3 Å². The summed E-state index contributed by atoms with van der Waals surface area (Å²) in [7, 11) is 3.48. The van der Waals surface area contributed by atoms with Crippen LogP contribution < -0.4 is 10.1 Å². The summed E-state index contributed by atoms with van der Waals surface area (Å²) >= 11 is 0. The van der Waals surface area contributed by atoms with Gasteiger partial charge < -0.3 is 14.8 Å². The molecule has 0 aliphatic heterocycles. The molecule has 3 rings (SSSR count). The molecule has 1 heterocycles. The molecule has 176 valence electrons. The molecule has 1 aromatic heterocycles. The number of rotatable bonds is 10. The van der Waals surface area contributed by atoms with E-state index in [4.69, 9.17) is 9.47 Å². The van der Waals surface area contributed by atoms with Crippen LogP contribution in [0.4, 0.5) is 0 Å². The minimum Gasteiger partial charge on any atom is -0.496 e. The second-order valence-corrected chi connectivity index (χ2v) is 8.85. The maximum atomic E-state index is 12.5. The molecule has 0 spiro atoms. The number of carbonyl (C=O) groups is 1. The zero-order valence-electron chi connectivity index (χ0n) is 20.7. The highest BCUT2D eigenvalue weighted by molar-refractivity contribution is 5.93. The minimum absolute atomic E-state index is 0.0992. The molecular formula is C27H40N2O3. The molecule has 1 atom stereocenters. The van der Waals surface area contributed by atoms with Crippen molar-refractivity contribution >= 4 is 5.91 Å². The number of hydrogen-bond donors (Lipinski definition) is 1. The van der Waals surface area contributed by atoms with E-state index in [0.717, 1.165) is 42.6 Å². The normalized spacial score (nSPS) is 14.7. The van der Waals surface area contributed by atoms with Crippen molar-refractivity contribution in [1.82, 2.24) is 10.3 Å². The smallest absolute Gasteiger partial charge is 0.270 e. The molecule has 0 bridgehead atoms. The number of amides is 1. The number of nitrogens with one attached hydrogen (secondary N) is 1. The van der Waals surface area contributed by atoms with Crippen LogP contribution in [0.25, 0.3) is 0 Å². The Balaban J connectivity index is 0.000000344. The first-order chi connectivity index (χ1) is 15.4. The largest absolute Gasteiger partial charge is 0.496 e. The molecule has 32 heavy (non-hydrogen) atoms. The van der Waals surface area contributed by atoms with E-state index in [1.807, 2.05) is 31.2 Å². The third-order valence-corrected chi connectivity index (χ3v) is 6.01. The number of unbranched alkanes of at least 4 members (excludes halogenated alkanes) is 1. The van der Waals surface area contributed by atoms with E-state index < -0.39 is 0 Å². The van der Waals surface area contributed by atoms with Crippen molar-refractivity contribution in [2.45, 2.75) is 84.3 Å². The van der Waals surface area contributed by atoms with Gasteiger partial charge in [-0.3, -0.25) is 9.78 Å². The molecule has 1 amide bonds. The molecule has 2 aromatic rings. The number of aryl methyl sites for hydroxylation is 2. The molecule has 5 nitrogen and oxygen atoms in total. The highest BCUT2D eigenvalue weighted by Gasteiger charge is 2.44. The molecule has 1 aliphatic carbocycles. The molecule has 1 aromatic carbocycles. The highest BCUT2D eigenvalue weighted by atomic mass is 16.5. The number of carbonyl (C=O) groups excluding carboxylic acids is 1. The van der Waals surface area contributed by atoms with E-state index in [0.29, 0.717) is 11.8 Å². The average molecular weight is 441 g/mol. The van der Waals surface area contributed by atoms with Gasteiger partial charge in [-0.05, 0) is 75.3 Å². The van der Waals surface area contributed by atoms with E-state index in [9.17, 15) is 4.79 Å². The zero-order valence-corrected chi connectivity index (χ0v) is 20.7. The first kappa shape index (κ1) is 25.9. The Morgan fingerprint density at radius 3 is 2.41 bits per heavy atom. The molecule has 1 saturated carbocycles. The zero-order chi connectivity index (χ0) is 23.6. The number of ether oxygens (including phenoxy) is 2. The van der Waals surface area contributed by atoms with E-state index >= 15 is 0 Å². The van der Waals surface area contributed by atoms with Gasteiger partial charge in [-0.1, -0.05) is 44.4 Å². The molecular weight excluding hydrogens is 400 g/mol. The maximum absolute atomic E-state index is 12.5. The number of benzene rings is 1. The van der Waals surface area contributed by atoms with Crippen molar-refractivity contribution in [3.05, 3.63) is 58.9 Å². The monoisotopic (exact) mass is 440 g/mol. The van der Waals surface area contributed by atoms with Crippen molar-refractivity contribution in [2.24, 2.45) is 0 Å². The van der Waals surface area contributed by atoms with Crippen LogP contribution in [0.2, 0.25) is 0 Å². The molecule has 1 fully saturated rings. The van der Waals surface area contributed by atoms with Crippen LogP contribution in [0, 0.1) is 13.8 Å². The summed E-state index contributed by atoms with van der Waals surface area (Å²) < 4.78 is 10.7. The van der Waals surface area contributed by atoms with Crippen LogP contribution in [-0.4, -0.2) is 36.8 Å². The lowest BCUT2D eigenvalue weighted by Crippen LogP contribution is -2.39. The Morgan fingerprint density at radius 1 is 1.12 bits per heavy atom. The Kier molecular flexibility index (Phi) is 10.2. The first-order valence-electron chi connectivity index (χ1n) is 11.8. The minimum atomic E-state index is -0.163. The fraction of sp³-hybridized carbons (Fsp3) is 0.556. The lowest BCUT2D eigenvalue weighted by atomic mass is 10.0. The first-order valence-corrected chi connectivity index (χ1v) is 11.8. The van der Waals surface area contributed by atoms with Crippen LogP contribution in [0.5, 0.6) is 5.75 Å². The Hall–Kier alpha value is -2.40. The van der Waals surface area contributed by atoms with Crippen LogP contribution in [0.1, 0.15) is 79.6 Å². The predicted molar refractivity (Wildman–Crippen MR) is 130 cm³/mol. The van der Waals surface area contributed by atoms with Crippen LogP contribution >= 0.6 is 0 Å². The fourth-order valence-corrected chi connectivity index (χ4v) is 3.79. The number of methoxy groups -OCH3 is 2. The summed E-state index contributed by atoms with van der Waals surface area (Å²) in [5.74, 6) is 0.780. The molecule has 0 saturated heterocycles. The fourth-order valence-electron chi connectivity index (χ4n) is 3.79. The van der Waals surface area contributed by atoms with Gasteiger partial charge in [-0.15, -0.1) is 0 Å². The van der Waals surface area contributed by atoms with Gasteiger partial charge in [0.2, 0.25) is 0 Å². The van der Waals surface area contributed by atoms with Gasteiger partial charge in [-0.25, -0.2) is 0 Å². The SMILES string of the molecule is CCCCC(CC)OC.COc1ccc(C)cc1CC1(NC(=O)c2cc(C)ccn2)CC1. The lowest BCUT2D eigenvalue weighted by molar-refractivity contribution is 0.0902. The van der Waals surface area contributed by atoms with Gasteiger partial charge in [-0.2, -0.15) is 0 Å². The summed E-state index contributed by atoms with van der Waals surface area (Å²) in [6, 6.07) is 9.87. The summed E-state index contributed by atoms with van der Waals surface area (Å²) in [4.78, 5) is 16.6. The van der Waals surface area contributed by atoms with Crippen LogP contribution in [0.15, 0.2) is 36.5 Å². The standard InChI is InChI=1S/C19H22N2O2.C8H18O/c1-13-4-5-17(23-3)15(10-13)12-19(7-8-19)21-18(22)16-11-14(2)6-9-20-16;1-4-6-7-8(5-2)9-3/h4-6,9-11H,7-8,12H2,1-3H3,(H,21,22);8H,4-7H2,1-3H3. The summed E-state index contributed by atoms with van der Waals surface area (Å²) in [6.07, 6.45) is 9.89. The summed E-state index contributed by atoms with van der Waals surface area (Å²) in [5, 5.41) is 3.17. The number of hydrogen-bond acceptors (Lipinski definition) is 4. The molecule has 1 unspecified atom stereocenters. The van der Waals surface area contributed by atoms with Gasteiger partial charge in [0.15, 0.2) is 0 Å². The predicted octanol–water partition coefficient (Wildman–Crippen LogP) is 5.81. The molecule has 0 radical (unpaired) electrons. The van der Waals surface area contributed by atoms with Crippen molar-refractivity contribution in [3.63, 3.8) is 0 Å². The Bertz CT molecular complexity index is 858. The van der Waals surface area contributed by atoms with E-state index in [1.165, 1.54) is 24.8 Å². The van der Waals surface area contributed by atoms with Crippen LogP contribution in [-0.2, 0) is 11.2 Å². The Morgan fingerprint density at radius 2 is 1.84 bits per heavy atom. The van der Waals surface area contributed by atoms with E-state index in [-0.39, 0.29) is 11.4 Å². The Labute approximate surface area is 193 Å². The van der Waals surface area contributed by atoms with Crippen molar-refractivity contribution in [3.8, 4) is 5.75 Å². The lowest BCUT2D eigenvalue weighted by Gasteiger charge is -2.19. The number of aromatic nitrogens is 1. The van der Waals surface area contributed by atoms with Gasteiger partial charge in [0, 0.05) is 18.8 Å². The topological polar surface area (TPSA) is 60.5 Å². The third-order valence-electron chi connectivity index (χ3n) is 6.01. The van der Waals surface area contributed by atoms with E-state index in [2.05, 4.69) is 37.1 Å². The third kappa shape index (κ3) is 7.94. The second kappa shape index (κ2) is 12.6. The van der Waals surface area contributed by atoms with Crippen molar-refractivity contribution in [2.75, 3.05) is 14.2 Å². The van der Waals surface area contributed by atoms with Gasteiger partial charge in [0.25, 0.3) is 5.91 Å². The van der Waals surface area contributed by atoms with Crippen molar-refractivity contribution in [1.29, 1.82) is 0 Å². The number of pyridine rings is 1. The van der Waals surface area contributed by atoms with Crippen LogP contribution in [0.3, 0.4) is 0 Å². The number of nitrogens with zero attached hydrogens (tertiary/aromatic N) is 1. The molecule has 5 heteroatoms. The summed E-state index contributed by atoms with van der Waals surface area (Å²) in [6.45, 7) is 8.41. The highest BCUT2D eigenvalue weighted by Crippen LogP contribution is 2.40. The van der Waals surface area contributed by atoms with Gasteiger partial charge >= 0.3 is 0 Å². The second-order valence-electron chi connectivity index (χ2n) is 8.85. The van der Waals surface area contributed by atoms with Gasteiger partial charge in [0.05, 0.1) is 13.2 Å².